The van der Waals surface area contributed by atoms with Crippen LogP contribution in [0.2, 0.25) is 0 Å². The van der Waals surface area contributed by atoms with E-state index in [2.05, 4.69) is 89.6 Å². The number of benzene rings is 1. The molecule has 0 spiro atoms. The van der Waals surface area contributed by atoms with E-state index in [0.717, 1.165) is 44.3 Å². The molecule has 1 heterocycles. The molecule has 3 unspecified atom stereocenters. The fourth-order valence-electron chi connectivity index (χ4n) is 12.3. The van der Waals surface area contributed by atoms with Crippen molar-refractivity contribution in [3.8, 4) is 0 Å². The van der Waals surface area contributed by atoms with Crippen LogP contribution in [0.5, 0.6) is 0 Å². The maximum Gasteiger partial charge on any atom is 0.306 e. The standard InChI is InChI=1S/C38H53N3O2/c1-34(2)19-25-24(26(20-34)33(42)43)15-17-37(6)28(25)13-14-30-36(5)21-27-31(35(3,4)29(36)16-18-38(30,37)7)40-41(32(27)39)22-23-11-9-8-10-12-23/h8-13,24-26,29-30H,14-22,39H2,1-7H3,(H,42,43)/t24-,25?,26+,29?,30?,36-,37+,38+/m0/s1. The van der Waals surface area contributed by atoms with Crippen molar-refractivity contribution < 1.29 is 9.90 Å². The molecule has 5 aliphatic rings. The second-order valence-electron chi connectivity index (χ2n) is 17.4. The molecule has 7 rings (SSSR count). The summed E-state index contributed by atoms with van der Waals surface area (Å²) in [6, 6.07) is 10.5. The third kappa shape index (κ3) is 3.94. The van der Waals surface area contributed by atoms with Gasteiger partial charge in [-0.05, 0) is 102 Å². The molecule has 5 nitrogen and oxygen atoms in total. The number of carbonyl (C=O) groups is 1. The number of nitrogen functional groups attached to an aromatic ring is 1. The predicted octanol–water partition coefficient (Wildman–Crippen LogP) is 8.27. The molecule has 5 heteroatoms. The molecule has 8 atom stereocenters. The molecule has 0 bridgehead atoms. The van der Waals surface area contributed by atoms with Crippen LogP contribution in [-0.4, -0.2) is 20.9 Å². The van der Waals surface area contributed by atoms with Crippen molar-refractivity contribution in [1.82, 2.24) is 9.78 Å². The zero-order valence-corrected chi connectivity index (χ0v) is 27.5. The fraction of sp³-hybridized carbons (Fsp3) is 0.684. The number of hydrogen-bond acceptors (Lipinski definition) is 3. The lowest BCUT2D eigenvalue weighted by Gasteiger charge is -2.70. The Kier molecular flexibility index (Phi) is 6.26. The third-order valence-corrected chi connectivity index (χ3v) is 14.4. The van der Waals surface area contributed by atoms with E-state index in [4.69, 9.17) is 10.8 Å². The minimum absolute atomic E-state index is 0.0512. The van der Waals surface area contributed by atoms with Crippen molar-refractivity contribution in [2.45, 2.75) is 112 Å². The van der Waals surface area contributed by atoms with Crippen LogP contribution in [0.3, 0.4) is 0 Å². The third-order valence-electron chi connectivity index (χ3n) is 14.4. The highest BCUT2D eigenvalue weighted by Crippen LogP contribution is 2.74. The maximum absolute atomic E-state index is 12.5. The molecule has 232 valence electrons. The van der Waals surface area contributed by atoms with Gasteiger partial charge in [0.05, 0.1) is 18.2 Å². The average molecular weight is 584 g/mol. The summed E-state index contributed by atoms with van der Waals surface area (Å²) in [6.07, 6.45) is 11.3. The number of fused-ring (bicyclic) bond motifs is 8. The number of nitrogens with two attached hydrogens (primary N) is 1. The zero-order chi connectivity index (χ0) is 30.7. The summed E-state index contributed by atoms with van der Waals surface area (Å²) >= 11 is 0. The molecule has 0 radical (unpaired) electrons. The lowest BCUT2D eigenvalue weighted by molar-refractivity contribution is -0.162. The molecule has 2 aromatic rings. The summed E-state index contributed by atoms with van der Waals surface area (Å²) in [5.41, 5.74) is 12.7. The molecule has 5 aliphatic carbocycles. The predicted molar refractivity (Wildman–Crippen MR) is 173 cm³/mol. The molecular formula is C38H53N3O2. The Balaban J connectivity index is 1.28. The van der Waals surface area contributed by atoms with Crippen molar-refractivity contribution in [2.24, 2.45) is 51.2 Å². The number of aliphatic carboxylic acids is 1. The van der Waals surface area contributed by atoms with Crippen LogP contribution in [-0.2, 0) is 23.2 Å². The van der Waals surface area contributed by atoms with Gasteiger partial charge >= 0.3 is 5.97 Å². The number of rotatable bonds is 3. The van der Waals surface area contributed by atoms with E-state index >= 15 is 0 Å². The molecule has 3 saturated carbocycles. The van der Waals surface area contributed by atoms with E-state index in [0.29, 0.717) is 24.3 Å². The van der Waals surface area contributed by atoms with E-state index in [-0.39, 0.29) is 38.9 Å². The normalized spacial score (nSPS) is 40.6. The van der Waals surface area contributed by atoms with E-state index in [1.54, 1.807) is 5.57 Å². The van der Waals surface area contributed by atoms with Gasteiger partial charge in [0.25, 0.3) is 0 Å². The van der Waals surface area contributed by atoms with Gasteiger partial charge in [-0.15, -0.1) is 0 Å². The average Bonchev–Trinajstić information content (AvgIpc) is 3.23. The first-order valence-corrected chi connectivity index (χ1v) is 17.0. The molecule has 0 aliphatic heterocycles. The maximum atomic E-state index is 12.5. The van der Waals surface area contributed by atoms with Crippen LogP contribution in [0, 0.1) is 51.2 Å². The number of anilines is 1. The van der Waals surface area contributed by atoms with Gasteiger partial charge in [-0.1, -0.05) is 90.4 Å². The van der Waals surface area contributed by atoms with Gasteiger partial charge in [0.15, 0.2) is 0 Å². The molecule has 3 fully saturated rings. The number of allylic oxidation sites excluding steroid dienone is 2. The monoisotopic (exact) mass is 583 g/mol. The summed E-state index contributed by atoms with van der Waals surface area (Å²) < 4.78 is 2.06. The Bertz CT molecular complexity index is 1490. The second-order valence-corrected chi connectivity index (χ2v) is 17.4. The van der Waals surface area contributed by atoms with Crippen molar-refractivity contribution >= 4 is 11.8 Å². The Morgan fingerprint density at radius 2 is 1.72 bits per heavy atom. The first-order valence-electron chi connectivity index (χ1n) is 17.0. The van der Waals surface area contributed by atoms with Crippen LogP contribution >= 0.6 is 0 Å². The Morgan fingerprint density at radius 1 is 1.00 bits per heavy atom. The lowest BCUT2D eigenvalue weighted by Crippen LogP contribution is -2.63. The van der Waals surface area contributed by atoms with Crippen molar-refractivity contribution in [1.29, 1.82) is 0 Å². The molecule has 43 heavy (non-hydrogen) atoms. The highest BCUT2D eigenvalue weighted by Gasteiger charge is 2.67. The largest absolute Gasteiger partial charge is 0.481 e. The highest BCUT2D eigenvalue weighted by atomic mass is 16.4. The fourth-order valence-corrected chi connectivity index (χ4v) is 12.3. The number of carboxylic acids is 1. The molecular weight excluding hydrogens is 530 g/mol. The van der Waals surface area contributed by atoms with E-state index in [9.17, 15) is 9.90 Å². The van der Waals surface area contributed by atoms with Crippen LogP contribution in [0.25, 0.3) is 0 Å². The zero-order valence-electron chi connectivity index (χ0n) is 27.5. The van der Waals surface area contributed by atoms with Crippen LogP contribution in [0.4, 0.5) is 5.82 Å². The Hall–Kier alpha value is -2.56. The summed E-state index contributed by atoms with van der Waals surface area (Å²) in [6.45, 7) is 18.0. The first kappa shape index (κ1) is 29.2. The molecule has 1 aromatic heterocycles. The quantitative estimate of drug-likeness (QED) is 0.356. The SMILES string of the molecule is CC1(C)CC2C3=CCC4[C@@]5(C)Cc6c(nn(Cc7ccccc7)c6N)C(C)(C)C5CC[C@@]4(C)[C@]3(C)CC[C@@H]2[C@H](C(=O)O)C1. The van der Waals surface area contributed by atoms with Crippen molar-refractivity contribution in [3.63, 3.8) is 0 Å². The van der Waals surface area contributed by atoms with Gasteiger partial charge in [-0.25, -0.2) is 4.68 Å². The molecule has 0 saturated heterocycles. The highest BCUT2D eigenvalue weighted by molar-refractivity contribution is 5.71. The summed E-state index contributed by atoms with van der Waals surface area (Å²) in [5, 5.41) is 15.5. The van der Waals surface area contributed by atoms with E-state index < -0.39 is 5.97 Å². The first-order chi connectivity index (χ1) is 20.1. The Morgan fingerprint density at radius 3 is 2.42 bits per heavy atom. The number of carboxylic acid groups (broad SMARTS) is 1. The van der Waals surface area contributed by atoms with Crippen molar-refractivity contribution in [2.75, 3.05) is 5.73 Å². The van der Waals surface area contributed by atoms with Gasteiger partial charge in [-0.2, -0.15) is 5.10 Å². The minimum Gasteiger partial charge on any atom is -0.481 e. The van der Waals surface area contributed by atoms with Crippen LogP contribution < -0.4 is 5.73 Å². The topological polar surface area (TPSA) is 81.1 Å². The molecule has 3 N–H and O–H groups in total. The summed E-state index contributed by atoms with van der Waals surface area (Å²) in [7, 11) is 0. The number of nitrogens with zero attached hydrogens (tertiary/aromatic N) is 2. The van der Waals surface area contributed by atoms with Gasteiger partial charge in [0.2, 0.25) is 0 Å². The molecule has 0 amide bonds. The summed E-state index contributed by atoms with van der Waals surface area (Å²) in [4.78, 5) is 12.5. The van der Waals surface area contributed by atoms with E-state index in [1.165, 1.54) is 29.7 Å². The van der Waals surface area contributed by atoms with Gasteiger partial charge < -0.3 is 10.8 Å². The van der Waals surface area contributed by atoms with Crippen LogP contribution in [0.1, 0.15) is 110 Å². The lowest BCUT2D eigenvalue weighted by atomic mass is 9.34. The Labute approximate surface area is 258 Å². The number of hydrogen-bond donors (Lipinski definition) is 2. The minimum atomic E-state index is -0.578. The van der Waals surface area contributed by atoms with Gasteiger partial charge in [-0.3, -0.25) is 4.79 Å². The molecule has 1 aromatic carbocycles. The van der Waals surface area contributed by atoms with Crippen molar-refractivity contribution in [3.05, 3.63) is 58.8 Å². The number of aromatic nitrogens is 2. The van der Waals surface area contributed by atoms with Gasteiger partial charge in [0, 0.05) is 11.0 Å². The van der Waals surface area contributed by atoms with E-state index in [1.807, 2.05) is 0 Å². The van der Waals surface area contributed by atoms with Crippen LogP contribution in [0.15, 0.2) is 42.0 Å². The smallest absolute Gasteiger partial charge is 0.306 e. The summed E-state index contributed by atoms with van der Waals surface area (Å²) in [5.74, 6) is 1.83. The van der Waals surface area contributed by atoms with Gasteiger partial charge in [0.1, 0.15) is 5.82 Å². The second kappa shape index (κ2) is 9.23.